The summed E-state index contributed by atoms with van der Waals surface area (Å²) >= 11 is 0. The van der Waals surface area contributed by atoms with Crippen molar-refractivity contribution < 1.29 is 0 Å². The molecule has 2 unspecified atom stereocenters. The summed E-state index contributed by atoms with van der Waals surface area (Å²) in [5, 5.41) is 0. The molecule has 0 bridgehead atoms. The van der Waals surface area contributed by atoms with Crippen LogP contribution in [0.3, 0.4) is 0 Å². The smallest absolute Gasteiger partial charge is 0.201 e. The predicted octanol–water partition coefficient (Wildman–Crippen LogP) is 3.76. The molecule has 0 spiro atoms. The van der Waals surface area contributed by atoms with E-state index in [1.807, 2.05) is 12.1 Å². The fraction of sp³-hybridized carbons (Fsp3) is 0.533. The fourth-order valence-corrected chi connectivity index (χ4v) is 3.31. The van der Waals surface area contributed by atoms with Crippen LogP contribution in [0, 0.1) is 5.92 Å². The molecule has 18 heavy (non-hydrogen) atoms. The molecule has 0 radical (unpaired) electrons. The average Bonchev–Trinajstić information content (AvgIpc) is 2.74. The Morgan fingerprint density at radius 3 is 3.00 bits per heavy atom. The number of rotatable bonds is 2. The van der Waals surface area contributed by atoms with Crippen LogP contribution in [0.15, 0.2) is 24.3 Å². The maximum atomic E-state index is 6.12. The summed E-state index contributed by atoms with van der Waals surface area (Å²) in [6.45, 7) is 2.29. The lowest BCUT2D eigenvalue weighted by Crippen LogP contribution is -2.20. The van der Waals surface area contributed by atoms with Crippen molar-refractivity contribution >= 4 is 17.0 Å². The molecule has 0 amide bonds. The van der Waals surface area contributed by atoms with E-state index >= 15 is 0 Å². The normalized spacial score (nSPS) is 24.5. The molecule has 1 aliphatic rings. The molecule has 1 fully saturated rings. The lowest BCUT2D eigenvalue weighted by atomic mass is 9.84. The van der Waals surface area contributed by atoms with Crippen molar-refractivity contribution in [2.75, 3.05) is 5.73 Å². The molecule has 2 atom stereocenters. The molecule has 3 nitrogen and oxygen atoms in total. The molecule has 1 aromatic heterocycles. The Morgan fingerprint density at radius 1 is 1.33 bits per heavy atom. The van der Waals surface area contributed by atoms with Gasteiger partial charge in [0.2, 0.25) is 5.95 Å². The van der Waals surface area contributed by atoms with Crippen molar-refractivity contribution in [1.82, 2.24) is 9.55 Å². The lowest BCUT2D eigenvalue weighted by molar-refractivity contribution is 0.267. The van der Waals surface area contributed by atoms with Crippen molar-refractivity contribution in [3.8, 4) is 0 Å². The summed E-state index contributed by atoms with van der Waals surface area (Å²) in [4.78, 5) is 4.48. The first kappa shape index (κ1) is 11.6. The maximum Gasteiger partial charge on any atom is 0.201 e. The minimum absolute atomic E-state index is 0.538. The third kappa shape index (κ3) is 1.88. The minimum atomic E-state index is 0.538. The van der Waals surface area contributed by atoms with Crippen molar-refractivity contribution in [3.63, 3.8) is 0 Å². The van der Waals surface area contributed by atoms with Gasteiger partial charge in [-0.05, 0) is 30.9 Å². The van der Waals surface area contributed by atoms with Crippen LogP contribution in [-0.4, -0.2) is 9.55 Å². The maximum absolute atomic E-state index is 6.12. The minimum Gasteiger partial charge on any atom is -0.369 e. The lowest BCUT2D eigenvalue weighted by Gasteiger charge is -2.30. The van der Waals surface area contributed by atoms with Gasteiger partial charge in [0.05, 0.1) is 11.0 Å². The number of hydrogen-bond donors (Lipinski definition) is 1. The number of nitrogen functional groups attached to an aromatic ring is 1. The number of fused-ring (bicyclic) bond motifs is 1. The Hall–Kier alpha value is -1.51. The molecule has 0 saturated heterocycles. The number of nitrogens with two attached hydrogens (primary N) is 1. The molecule has 1 heterocycles. The van der Waals surface area contributed by atoms with E-state index in [2.05, 4.69) is 28.6 Å². The molecule has 3 heteroatoms. The first-order valence-electron chi connectivity index (χ1n) is 7.02. The number of para-hydroxylation sites is 2. The van der Waals surface area contributed by atoms with Crippen molar-refractivity contribution in [3.05, 3.63) is 24.3 Å². The quantitative estimate of drug-likeness (QED) is 0.872. The van der Waals surface area contributed by atoms with Gasteiger partial charge in [-0.1, -0.05) is 38.3 Å². The Morgan fingerprint density at radius 2 is 2.17 bits per heavy atom. The van der Waals surface area contributed by atoms with E-state index in [0.717, 1.165) is 11.4 Å². The first-order valence-corrected chi connectivity index (χ1v) is 7.02. The van der Waals surface area contributed by atoms with Gasteiger partial charge in [-0.2, -0.15) is 0 Å². The summed E-state index contributed by atoms with van der Waals surface area (Å²) < 4.78 is 2.26. The van der Waals surface area contributed by atoms with E-state index in [-0.39, 0.29) is 0 Å². The molecule has 2 N–H and O–H groups in total. The van der Waals surface area contributed by atoms with Gasteiger partial charge < -0.3 is 10.3 Å². The van der Waals surface area contributed by atoms with Gasteiger partial charge in [0.15, 0.2) is 0 Å². The Bertz CT molecular complexity index is 544. The highest BCUT2D eigenvalue weighted by Gasteiger charge is 2.24. The molecular weight excluding hydrogens is 222 g/mol. The number of benzene rings is 1. The second-order valence-corrected chi connectivity index (χ2v) is 5.42. The van der Waals surface area contributed by atoms with E-state index in [9.17, 15) is 0 Å². The van der Waals surface area contributed by atoms with E-state index in [0.29, 0.717) is 12.0 Å². The summed E-state index contributed by atoms with van der Waals surface area (Å²) in [5.41, 5.74) is 8.34. The van der Waals surface area contributed by atoms with Gasteiger partial charge in [0, 0.05) is 6.04 Å². The Labute approximate surface area is 108 Å². The third-order valence-corrected chi connectivity index (χ3v) is 4.32. The van der Waals surface area contributed by atoms with E-state index in [1.165, 1.54) is 37.6 Å². The van der Waals surface area contributed by atoms with E-state index in [4.69, 9.17) is 5.73 Å². The molecule has 3 rings (SSSR count). The molecule has 1 aromatic carbocycles. The molecule has 0 aliphatic heterocycles. The highest BCUT2D eigenvalue weighted by atomic mass is 15.2. The van der Waals surface area contributed by atoms with Crippen LogP contribution in [0.2, 0.25) is 0 Å². The van der Waals surface area contributed by atoms with E-state index < -0.39 is 0 Å². The molecular formula is C15H21N3. The standard InChI is InChI=1S/C15H21N3/c1-2-11-6-5-7-12(10-11)18-14-9-4-3-8-13(14)17-15(18)16/h3-4,8-9,11-12H,2,5-7,10H2,1H3,(H2,16,17). The molecule has 2 aromatic rings. The molecule has 1 saturated carbocycles. The Kier molecular flexibility index (Phi) is 2.98. The largest absolute Gasteiger partial charge is 0.369 e. The predicted molar refractivity (Wildman–Crippen MR) is 75.4 cm³/mol. The van der Waals surface area contributed by atoms with Gasteiger partial charge in [0.1, 0.15) is 0 Å². The van der Waals surface area contributed by atoms with Crippen molar-refractivity contribution in [1.29, 1.82) is 0 Å². The highest BCUT2D eigenvalue weighted by Crippen LogP contribution is 2.37. The van der Waals surface area contributed by atoms with Gasteiger partial charge in [-0.15, -0.1) is 0 Å². The zero-order valence-corrected chi connectivity index (χ0v) is 11.0. The Balaban J connectivity index is 2.00. The average molecular weight is 243 g/mol. The third-order valence-electron chi connectivity index (χ3n) is 4.32. The highest BCUT2D eigenvalue weighted by molar-refractivity contribution is 5.78. The molecule has 96 valence electrons. The number of aromatic nitrogens is 2. The van der Waals surface area contributed by atoms with Gasteiger partial charge >= 0.3 is 0 Å². The fourth-order valence-electron chi connectivity index (χ4n) is 3.31. The summed E-state index contributed by atoms with van der Waals surface area (Å²) in [6, 6.07) is 8.81. The number of anilines is 1. The van der Waals surface area contributed by atoms with Crippen LogP contribution in [0.25, 0.3) is 11.0 Å². The zero-order chi connectivity index (χ0) is 12.5. The number of nitrogens with zero attached hydrogens (tertiary/aromatic N) is 2. The second kappa shape index (κ2) is 4.63. The second-order valence-electron chi connectivity index (χ2n) is 5.42. The molecule has 1 aliphatic carbocycles. The SMILES string of the molecule is CCC1CCCC(n2c(N)nc3ccccc32)C1. The summed E-state index contributed by atoms with van der Waals surface area (Å²) in [7, 11) is 0. The summed E-state index contributed by atoms with van der Waals surface area (Å²) in [6.07, 6.45) is 6.46. The van der Waals surface area contributed by atoms with Crippen LogP contribution in [0.4, 0.5) is 5.95 Å². The van der Waals surface area contributed by atoms with Gasteiger partial charge in [-0.3, -0.25) is 0 Å². The van der Waals surface area contributed by atoms with E-state index in [1.54, 1.807) is 0 Å². The number of imidazole rings is 1. The van der Waals surface area contributed by atoms with Crippen molar-refractivity contribution in [2.45, 2.75) is 45.1 Å². The monoisotopic (exact) mass is 243 g/mol. The topological polar surface area (TPSA) is 43.8 Å². The van der Waals surface area contributed by atoms with Gasteiger partial charge in [-0.25, -0.2) is 4.98 Å². The van der Waals surface area contributed by atoms with Crippen LogP contribution >= 0.6 is 0 Å². The van der Waals surface area contributed by atoms with Crippen LogP contribution in [0.5, 0.6) is 0 Å². The van der Waals surface area contributed by atoms with Crippen LogP contribution in [0.1, 0.15) is 45.1 Å². The first-order chi connectivity index (χ1) is 8.79. The number of hydrogen-bond acceptors (Lipinski definition) is 2. The van der Waals surface area contributed by atoms with Gasteiger partial charge in [0.25, 0.3) is 0 Å². The summed E-state index contributed by atoms with van der Waals surface area (Å²) in [5.74, 6) is 1.53. The van der Waals surface area contributed by atoms with Crippen LogP contribution in [-0.2, 0) is 0 Å². The zero-order valence-electron chi connectivity index (χ0n) is 11.0. The van der Waals surface area contributed by atoms with Crippen LogP contribution < -0.4 is 5.73 Å². The van der Waals surface area contributed by atoms with Crippen molar-refractivity contribution in [2.24, 2.45) is 5.92 Å².